The Balaban J connectivity index is 2.15. The van der Waals surface area contributed by atoms with Crippen molar-refractivity contribution in [3.8, 4) is 0 Å². The van der Waals surface area contributed by atoms with Crippen molar-refractivity contribution < 1.29 is 23.9 Å². The van der Waals surface area contributed by atoms with Gasteiger partial charge in [0.2, 0.25) is 11.8 Å². The number of esters is 1. The van der Waals surface area contributed by atoms with Gasteiger partial charge in [0.1, 0.15) is 12.1 Å². The number of carbonyl (C=O) groups is 4. The molecule has 0 radical (unpaired) electrons. The van der Waals surface area contributed by atoms with Crippen LogP contribution in [0.5, 0.6) is 0 Å². The number of methoxy groups -OCH3 is 1. The third-order valence-electron chi connectivity index (χ3n) is 4.92. The highest BCUT2D eigenvalue weighted by atomic mass is 16.5. The van der Waals surface area contributed by atoms with Gasteiger partial charge in [0.25, 0.3) is 5.91 Å². The van der Waals surface area contributed by atoms with Crippen molar-refractivity contribution in [1.29, 1.82) is 0 Å². The van der Waals surface area contributed by atoms with Crippen LogP contribution in [0, 0.1) is 0 Å². The van der Waals surface area contributed by atoms with Crippen molar-refractivity contribution >= 4 is 29.4 Å². The van der Waals surface area contributed by atoms with Gasteiger partial charge < -0.3 is 24.8 Å². The Morgan fingerprint density at radius 1 is 1.14 bits per heavy atom. The fraction of sp³-hybridized carbons (Fsp3) is 0.500. The lowest BCUT2D eigenvalue weighted by molar-refractivity contribution is -0.147. The quantitative estimate of drug-likeness (QED) is 0.699. The summed E-state index contributed by atoms with van der Waals surface area (Å²) in [5.41, 5.74) is 1.48. The van der Waals surface area contributed by atoms with E-state index in [1.165, 1.54) is 25.9 Å². The fourth-order valence-corrected chi connectivity index (χ4v) is 3.20. The minimum Gasteiger partial charge on any atom is -0.467 e. The van der Waals surface area contributed by atoms with E-state index < -0.39 is 24.0 Å². The van der Waals surface area contributed by atoms with Crippen molar-refractivity contribution in [3.63, 3.8) is 0 Å². The molecule has 0 bridgehead atoms. The molecule has 0 spiro atoms. The molecule has 2 atom stereocenters. The van der Waals surface area contributed by atoms with Crippen LogP contribution in [0.3, 0.4) is 0 Å². The third-order valence-corrected chi connectivity index (χ3v) is 4.92. The van der Waals surface area contributed by atoms with Crippen molar-refractivity contribution in [2.45, 2.75) is 25.9 Å². The molecule has 0 aromatic heterocycles. The normalized spacial score (nSPS) is 17.3. The minimum atomic E-state index is -0.877. The van der Waals surface area contributed by atoms with E-state index in [-0.39, 0.29) is 24.9 Å². The highest BCUT2D eigenvalue weighted by Crippen LogP contribution is 2.17. The molecule has 0 unspecified atom stereocenters. The summed E-state index contributed by atoms with van der Waals surface area (Å²) in [5, 5.41) is 2.55. The molecule has 1 saturated heterocycles. The number of rotatable bonds is 5. The molecule has 1 fully saturated rings. The second kappa shape index (κ2) is 9.40. The lowest BCUT2D eigenvalue weighted by Gasteiger charge is -2.40. The van der Waals surface area contributed by atoms with Crippen LogP contribution in [0.15, 0.2) is 24.3 Å². The first-order chi connectivity index (χ1) is 13.6. The van der Waals surface area contributed by atoms with E-state index in [9.17, 15) is 19.2 Å². The summed E-state index contributed by atoms with van der Waals surface area (Å²) in [4.78, 5) is 54.1. The van der Waals surface area contributed by atoms with Gasteiger partial charge in [0.15, 0.2) is 0 Å². The second-order valence-corrected chi connectivity index (χ2v) is 7.17. The number of hydrogen-bond acceptors (Lipinski definition) is 6. The van der Waals surface area contributed by atoms with Gasteiger partial charge in [-0.05, 0) is 31.2 Å². The summed E-state index contributed by atoms with van der Waals surface area (Å²) in [5.74, 6) is -1.56. The maximum atomic E-state index is 12.9. The van der Waals surface area contributed by atoms with Gasteiger partial charge in [-0.3, -0.25) is 14.4 Å². The van der Waals surface area contributed by atoms with Crippen LogP contribution in [0.1, 0.15) is 24.2 Å². The highest BCUT2D eigenvalue weighted by Gasteiger charge is 2.37. The monoisotopic (exact) mass is 404 g/mol. The zero-order chi connectivity index (χ0) is 21.7. The van der Waals surface area contributed by atoms with Gasteiger partial charge in [-0.1, -0.05) is 0 Å². The molecule has 2 rings (SSSR count). The summed E-state index contributed by atoms with van der Waals surface area (Å²) in [6.07, 6.45) is 0. The first kappa shape index (κ1) is 22.2. The molecule has 0 saturated carbocycles. The van der Waals surface area contributed by atoms with Crippen LogP contribution in [0.25, 0.3) is 0 Å². The lowest BCUT2D eigenvalue weighted by Crippen LogP contribution is -2.62. The van der Waals surface area contributed by atoms with Gasteiger partial charge >= 0.3 is 5.97 Å². The maximum Gasteiger partial charge on any atom is 0.328 e. The first-order valence-electron chi connectivity index (χ1n) is 9.37. The molecule has 1 aromatic carbocycles. The Kier molecular flexibility index (Phi) is 7.19. The Morgan fingerprint density at radius 2 is 1.76 bits per heavy atom. The molecule has 1 aromatic rings. The molecule has 1 N–H and O–H groups in total. The predicted molar refractivity (Wildman–Crippen MR) is 107 cm³/mol. The van der Waals surface area contributed by atoms with Crippen LogP contribution >= 0.6 is 0 Å². The maximum absolute atomic E-state index is 12.9. The third kappa shape index (κ3) is 5.24. The van der Waals surface area contributed by atoms with E-state index in [4.69, 9.17) is 0 Å². The summed E-state index contributed by atoms with van der Waals surface area (Å²) in [7, 11) is 5.06. The van der Waals surface area contributed by atoms with Gasteiger partial charge in [-0.15, -0.1) is 0 Å². The second-order valence-electron chi connectivity index (χ2n) is 7.17. The fourth-order valence-electron chi connectivity index (χ4n) is 3.20. The first-order valence-corrected chi connectivity index (χ1v) is 9.37. The summed E-state index contributed by atoms with van der Waals surface area (Å²) < 4.78 is 4.62. The predicted octanol–water partition coefficient (Wildman–Crippen LogP) is 0.103. The van der Waals surface area contributed by atoms with Gasteiger partial charge in [-0.2, -0.15) is 0 Å². The Labute approximate surface area is 170 Å². The van der Waals surface area contributed by atoms with Crippen LogP contribution in [-0.4, -0.2) is 86.4 Å². The van der Waals surface area contributed by atoms with Crippen LogP contribution in [-0.2, 0) is 19.1 Å². The SMILES string of the molecule is COC(=O)[C@@H](C)NC(=O)[C@H]1CN(C(=O)c2ccc(N(C)C)cc2)CCN1C(C)=O. The molecule has 1 heterocycles. The number of piperazine rings is 1. The van der Waals surface area contributed by atoms with Crippen LogP contribution in [0.2, 0.25) is 0 Å². The number of benzene rings is 1. The highest BCUT2D eigenvalue weighted by molar-refractivity contribution is 5.96. The zero-order valence-corrected chi connectivity index (χ0v) is 17.5. The Bertz CT molecular complexity index is 778. The zero-order valence-electron chi connectivity index (χ0n) is 17.5. The van der Waals surface area contributed by atoms with Gasteiger partial charge in [0.05, 0.1) is 13.7 Å². The molecular formula is C20H28N4O5. The van der Waals surface area contributed by atoms with Crippen molar-refractivity contribution in [2.24, 2.45) is 0 Å². The molecule has 1 aliphatic rings. The molecule has 3 amide bonds. The standard InChI is InChI=1S/C20H28N4O5/c1-13(20(28)29-5)21-18(26)17-12-23(10-11-24(17)14(2)25)19(27)15-6-8-16(9-7-15)22(3)4/h6-9,13,17H,10-12H2,1-5H3,(H,21,26)/t13-,17-/m1/s1. The summed E-state index contributed by atoms with van der Waals surface area (Å²) >= 11 is 0. The van der Waals surface area contributed by atoms with E-state index in [0.29, 0.717) is 12.1 Å². The van der Waals surface area contributed by atoms with E-state index >= 15 is 0 Å². The number of hydrogen-bond donors (Lipinski definition) is 1. The summed E-state index contributed by atoms with van der Waals surface area (Å²) in [6.45, 7) is 3.49. The van der Waals surface area contributed by atoms with E-state index in [1.54, 1.807) is 17.0 Å². The van der Waals surface area contributed by atoms with Gasteiger partial charge in [0, 0.05) is 45.4 Å². The smallest absolute Gasteiger partial charge is 0.328 e. The molecular weight excluding hydrogens is 376 g/mol. The van der Waals surface area contributed by atoms with E-state index in [0.717, 1.165) is 5.69 Å². The van der Waals surface area contributed by atoms with Crippen molar-refractivity contribution in [1.82, 2.24) is 15.1 Å². The molecule has 9 heteroatoms. The number of ether oxygens (including phenoxy) is 1. The number of nitrogens with one attached hydrogen (secondary N) is 1. The number of anilines is 1. The number of nitrogens with zero attached hydrogens (tertiary/aromatic N) is 3. The van der Waals surface area contributed by atoms with E-state index in [2.05, 4.69) is 10.1 Å². The van der Waals surface area contributed by atoms with Crippen molar-refractivity contribution in [2.75, 3.05) is 45.7 Å². The van der Waals surface area contributed by atoms with Crippen LogP contribution in [0.4, 0.5) is 5.69 Å². The Morgan fingerprint density at radius 3 is 2.28 bits per heavy atom. The average molecular weight is 404 g/mol. The number of amides is 3. The van der Waals surface area contributed by atoms with Gasteiger partial charge in [-0.25, -0.2) is 4.79 Å². The molecule has 9 nitrogen and oxygen atoms in total. The summed E-state index contributed by atoms with van der Waals surface area (Å²) in [6, 6.07) is 5.44. The molecule has 158 valence electrons. The van der Waals surface area contributed by atoms with Crippen molar-refractivity contribution in [3.05, 3.63) is 29.8 Å². The largest absolute Gasteiger partial charge is 0.467 e. The Hall–Kier alpha value is -3.10. The number of carbonyl (C=O) groups excluding carboxylic acids is 4. The molecule has 1 aliphatic heterocycles. The average Bonchev–Trinajstić information content (AvgIpc) is 2.71. The van der Waals surface area contributed by atoms with Crippen LogP contribution < -0.4 is 10.2 Å². The van der Waals surface area contributed by atoms with E-state index in [1.807, 2.05) is 31.1 Å². The molecule has 0 aliphatic carbocycles. The lowest BCUT2D eigenvalue weighted by atomic mass is 10.1. The topological polar surface area (TPSA) is 99.3 Å². The molecule has 29 heavy (non-hydrogen) atoms. The minimum absolute atomic E-state index is 0.0492.